The molecule has 0 saturated heterocycles. The van der Waals surface area contributed by atoms with Gasteiger partial charge in [-0.2, -0.15) is 0 Å². The Morgan fingerprint density at radius 3 is 2.76 bits per heavy atom. The van der Waals surface area contributed by atoms with Crippen LogP contribution in [0.25, 0.3) is 0 Å². The third-order valence-electron chi connectivity index (χ3n) is 3.05. The average molecular weight is 285 g/mol. The number of urea groups is 1. The van der Waals surface area contributed by atoms with Crippen LogP contribution in [0.15, 0.2) is 48.5 Å². The highest BCUT2D eigenvalue weighted by Gasteiger charge is 2.05. The second-order valence-corrected chi connectivity index (χ2v) is 4.52. The van der Waals surface area contributed by atoms with E-state index in [0.717, 1.165) is 22.6 Å². The Morgan fingerprint density at radius 1 is 1.19 bits per heavy atom. The second kappa shape index (κ2) is 7.31. The second-order valence-electron chi connectivity index (χ2n) is 4.52. The van der Waals surface area contributed by atoms with Gasteiger partial charge in [0.25, 0.3) is 0 Å². The summed E-state index contributed by atoms with van der Waals surface area (Å²) < 4.78 is 5.24. The molecule has 5 nitrogen and oxygen atoms in total. The van der Waals surface area contributed by atoms with Gasteiger partial charge in [0.1, 0.15) is 5.75 Å². The lowest BCUT2D eigenvalue weighted by Gasteiger charge is -2.11. The first-order valence-corrected chi connectivity index (χ1v) is 6.68. The van der Waals surface area contributed by atoms with Crippen molar-refractivity contribution < 1.29 is 9.53 Å². The van der Waals surface area contributed by atoms with Gasteiger partial charge < -0.3 is 21.1 Å². The van der Waals surface area contributed by atoms with Crippen LogP contribution in [0.3, 0.4) is 0 Å². The van der Waals surface area contributed by atoms with Gasteiger partial charge in [0.2, 0.25) is 0 Å². The molecule has 4 N–H and O–H groups in total. The Kier molecular flexibility index (Phi) is 5.17. The van der Waals surface area contributed by atoms with E-state index in [0.29, 0.717) is 13.1 Å². The fourth-order valence-corrected chi connectivity index (χ4v) is 1.98. The topological polar surface area (TPSA) is 76.4 Å². The lowest BCUT2D eigenvalue weighted by atomic mass is 10.2. The first-order valence-electron chi connectivity index (χ1n) is 6.68. The first kappa shape index (κ1) is 14.9. The Hall–Kier alpha value is -2.53. The molecule has 0 bridgehead atoms. The molecule has 2 aromatic rings. The minimum absolute atomic E-state index is 0.268. The molecule has 2 aromatic carbocycles. The molecule has 0 atom stereocenters. The number of amides is 2. The number of carbonyl (C=O) groups is 1. The zero-order chi connectivity index (χ0) is 15.1. The molecular formula is C16H19N3O2. The predicted octanol–water partition coefficient (Wildman–Crippen LogP) is 2.48. The Balaban J connectivity index is 1.92. The van der Waals surface area contributed by atoms with Gasteiger partial charge in [-0.25, -0.2) is 4.79 Å². The van der Waals surface area contributed by atoms with Crippen LogP contribution >= 0.6 is 0 Å². The normalized spacial score (nSPS) is 10.0. The predicted molar refractivity (Wildman–Crippen MR) is 83.2 cm³/mol. The van der Waals surface area contributed by atoms with Crippen LogP contribution in [0, 0.1) is 0 Å². The van der Waals surface area contributed by atoms with Crippen molar-refractivity contribution in [1.82, 2.24) is 5.32 Å². The van der Waals surface area contributed by atoms with Gasteiger partial charge in [0.05, 0.1) is 7.11 Å². The number of rotatable bonds is 5. The van der Waals surface area contributed by atoms with Crippen molar-refractivity contribution in [1.29, 1.82) is 0 Å². The summed E-state index contributed by atoms with van der Waals surface area (Å²) in [5.74, 6) is 0.753. The number of para-hydroxylation sites is 1. The maximum atomic E-state index is 11.9. The zero-order valence-electron chi connectivity index (χ0n) is 11.9. The summed E-state index contributed by atoms with van der Waals surface area (Å²) >= 11 is 0. The molecule has 0 heterocycles. The van der Waals surface area contributed by atoms with E-state index in [4.69, 9.17) is 10.5 Å². The lowest BCUT2D eigenvalue weighted by molar-refractivity contribution is 0.251. The summed E-state index contributed by atoms with van der Waals surface area (Å²) in [6, 6.07) is 14.7. The summed E-state index contributed by atoms with van der Waals surface area (Å²) in [6.45, 7) is 0.838. The van der Waals surface area contributed by atoms with Crippen molar-refractivity contribution in [2.45, 2.75) is 13.1 Å². The van der Waals surface area contributed by atoms with Crippen molar-refractivity contribution in [3.8, 4) is 5.75 Å². The Bertz CT molecular complexity index is 614. The van der Waals surface area contributed by atoms with Crippen LogP contribution in [-0.2, 0) is 13.1 Å². The number of anilines is 1. The van der Waals surface area contributed by atoms with E-state index in [1.807, 2.05) is 48.5 Å². The molecule has 0 aromatic heterocycles. The van der Waals surface area contributed by atoms with Crippen LogP contribution in [-0.4, -0.2) is 13.1 Å². The fraction of sp³-hybridized carbons (Fsp3) is 0.188. The maximum Gasteiger partial charge on any atom is 0.319 e. The smallest absolute Gasteiger partial charge is 0.319 e. The van der Waals surface area contributed by atoms with Gasteiger partial charge in [-0.05, 0) is 23.8 Å². The first-order chi connectivity index (χ1) is 10.2. The molecule has 0 fully saturated rings. The van der Waals surface area contributed by atoms with Crippen LogP contribution in [0.2, 0.25) is 0 Å². The van der Waals surface area contributed by atoms with E-state index < -0.39 is 0 Å². The third kappa shape index (κ3) is 4.22. The lowest BCUT2D eigenvalue weighted by Crippen LogP contribution is -2.28. The summed E-state index contributed by atoms with van der Waals surface area (Å²) in [5.41, 5.74) is 8.18. The zero-order valence-corrected chi connectivity index (χ0v) is 11.9. The van der Waals surface area contributed by atoms with Gasteiger partial charge in [-0.1, -0.05) is 30.3 Å². The minimum atomic E-state index is -0.268. The minimum Gasteiger partial charge on any atom is -0.496 e. The van der Waals surface area contributed by atoms with E-state index >= 15 is 0 Å². The summed E-state index contributed by atoms with van der Waals surface area (Å²) in [7, 11) is 1.61. The quantitative estimate of drug-likeness (QED) is 0.790. The van der Waals surface area contributed by atoms with Gasteiger partial charge in [-0.15, -0.1) is 0 Å². The van der Waals surface area contributed by atoms with Crippen LogP contribution in [0.4, 0.5) is 10.5 Å². The van der Waals surface area contributed by atoms with E-state index in [1.54, 1.807) is 7.11 Å². The fourth-order valence-electron chi connectivity index (χ4n) is 1.98. The number of nitrogens with one attached hydrogen (secondary N) is 2. The molecule has 0 saturated carbocycles. The number of methoxy groups -OCH3 is 1. The van der Waals surface area contributed by atoms with Crippen LogP contribution in [0.1, 0.15) is 11.1 Å². The Labute approximate surface area is 124 Å². The average Bonchev–Trinajstić information content (AvgIpc) is 2.53. The molecular weight excluding hydrogens is 266 g/mol. The van der Waals surface area contributed by atoms with Crippen molar-refractivity contribution in [3.63, 3.8) is 0 Å². The molecule has 0 unspecified atom stereocenters. The number of hydrogen-bond donors (Lipinski definition) is 3. The van der Waals surface area contributed by atoms with E-state index in [2.05, 4.69) is 10.6 Å². The van der Waals surface area contributed by atoms with E-state index in [1.165, 1.54) is 0 Å². The Morgan fingerprint density at radius 2 is 2.00 bits per heavy atom. The van der Waals surface area contributed by atoms with Crippen molar-refractivity contribution in [2.75, 3.05) is 12.4 Å². The standard InChI is InChI=1S/C16H19N3O2/c1-21-15-8-3-2-6-13(15)11-18-16(20)19-14-7-4-5-12(9-14)10-17/h2-9H,10-11,17H2,1H3,(H2,18,19,20). The van der Waals surface area contributed by atoms with Gasteiger partial charge in [0, 0.05) is 24.3 Å². The summed E-state index contributed by atoms with van der Waals surface area (Å²) in [6.07, 6.45) is 0. The third-order valence-corrected chi connectivity index (χ3v) is 3.05. The highest BCUT2D eigenvalue weighted by Crippen LogP contribution is 2.16. The van der Waals surface area contributed by atoms with Crippen LogP contribution < -0.4 is 21.1 Å². The van der Waals surface area contributed by atoms with Gasteiger partial charge >= 0.3 is 6.03 Å². The molecule has 0 aliphatic carbocycles. The van der Waals surface area contributed by atoms with Crippen molar-refractivity contribution in [3.05, 3.63) is 59.7 Å². The van der Waals surface area contributed by atoms with E-state index in [9.17, 15) is 4.79 Å². The maximum absolute atomic E-state index is 11.9. The highest BCUT2D eigenvalue weighted by molar-refractivity contribution is 5.89. The molecule has 0 spiro atoms. The van der Waals surface area contributed by atoms with Gasteiger partial charge in [0.15, 0.2) is 0 Å². The molecule has 110 valence electrons. The van der Waals surface area contributed by atoms with Crippen molar-refractivity contribution in [2.24, 2.45) is 5.73 Å². The van der Waals surface area contributed by atoms with Gasteiger partial charge in [-0.3, -0.25) is 0 Å². The number of nitrogens with two attached hydrogens (primary N) is 1. The largest absolute Gasteiger partial charge is 0.496 e. The summed E-state index contributed by atoms with van der Waals surface area (Å²) in [4.78, 5) is 11.9. The molecule has 5 heteroatoms. The van der Waals surface area contributed by atoms with Crippen molar-refractivity contribution >= 4 is 11.7 Å². The number of benzene rings is 2. The van der Waals surface area contributed by atoms with Crippen LogP contribution in [0.5, 0.6) is 5.75 Å². The molecule has 0 aliphatic heterocycles. The molecule has 0 radical (unpaired) electrons. The molecule has 2 rings (SSSR count). The highest BCUT2D eigenvalue weighted by atomic mass is 16.5. The number of carbonyl (C=O) groups excluding carboxylic acids is 1. The number of hydrogen-bond acceptors (Lipinski definition) is 3. The molecule has 0 aliphatic rings. The van der Waals surface area contributed by atoms with E-state index in [-0.39, 0.29) is 6.03 Å². The summed E-state index contributed by atoms with van der Waals surface area (Å²) in [5, 5.41) is 5.58. The SMILES string of the molecule is COc1ccccc1CNC(=O)Nc1cccc(CN)c1. The molecule has 21 heavy (non-hydrogen) atoms. The monoisotopic (exact) mass is 285 g/mol. The molecule has 2 amide bonds. The number of ether oxygens (including phenoxy) is 1.